The zero-order valence-electron chi connectivity index (χ0n) is 8.25. The maximum atomic E-state index is 5.67. The lowest BCUT2D eigenvalue weighted by atomic mass is 10.2. The molecular formula is C11H12BrNO. The van der Waals surface area contributed by atoms with Crippen molar-refractivity contribution in [2.75, 3.05) is 14.1 Å². The highest BCUT2D eigenvalue weighted by Crippen LogP contribution is 2.23. The zero-order chi connectivity index (χ0) is 10.1. The fourth-order valence-electron chi connectivity index (χ4n) is 1.46. The summed E-state index contributed by atoms with van der Waals surface area (Å²) in [7, 11) is 4.06. The van der Waals surface area contributed by atoms with Crippen LogP contribution in [0.2, 0.25) is 0 Å². The van der Waals surface area contributed by atoms with Crippen LogP contribution in [0.3, 0.4) is 0 Å². The Hall–Kier alpha value is -0.800. The summed E-state index contributed by atoms with van der Waals surface area (Å²) < 4.78 is 6.76. The Kier molecular flexibility index (Phi) is 2.61. The molecule has 0 N–H and O–H groups in total. The molecule has 14 heavy (non-hydrogen) atoms. The normalized spacial score (nSPS) is 11.4. The third-order valence-electron chi connectivity index (χ3n) is 2.00. The number of benzene rings is 1. The third kappa shape index (κ3) is 1.99. The summed E-state index contributed by atoms with van der Waals surface area (Å²) in [6.07, 6.45) is 0. The Labute approximate surface area is 91.6 Å². The molecule has 0 amide bonds. The van der Waals surface area contributed by atoms with Crippen molar-refractivity contribution in [2.24, 2.45) is 0 Å². The van der Waals surface area contributed by atoms with E-state index in [9.17, 15) is 0 Å². The van der Waals surface area contributed by atoms with E-state index in [0.717, 1.165) is 27.7 Å². The van der Waals surface area contributed by atoms with Crippen molar-refractivity contribution in [3.63, 3.8) is 0 Å². The predicted octanol–water partition coefficient (Wildman–Crippen LogP) is 3.26. The van der Waals surface area contributed by atoms with Crippen LogP contribution in [0, 0.1) is 0 Å². The molecule has 2 rings (SSSR count). The molecule has 1 aromatic carbocycles. The number of nitrogens with zero attached hydrogens (tertiary/aromatic N) is 1. The Morgan fingerprint density at radius 2 is 2.07 bits per heavy atom. The number of rotatable bonds is 2. The first-order valence-corrected chi connectivity index (χ1v) is 5.27. The van der Waals surface area contributed by atoms with Crippen LogP contribution in [0.1, 0.15) is 5.76 Å². The lowest BCUT2D eigenvalue weighted by Gasteiger charge is -2.04. The summed E-state index contributed by atoms with van der Waals surface area (Å²) in [5.41, 5.74) is 0.949. The SMILES string of the molecule is CN(C)Cc1cc2cc(Br)ccc2o1. The maximum Gasteiger partial charge on any atom is 0.134 e. The number of halogens is 1. The summed E-state index contributed by atoms with van der Waals surface area (Å²) in [6.45, 7) is 0.840. The van der Waals surface area contributed by atoms with Gasteiger partial charge in [0.1, 0.15) is 11.3 Å². The fourth-order valence-corrected chi connectivity index (χ4v) is 1.84. The largest absolute Gasteiger partial charge is 0.460 e. The van der Waals surface area contributed by atoms with Crippen LogP contribution in [-0.2, 0) is 6.54 Å². The number of furan rings is 1. The van der Waals surface area contributed by atoms with Crippen molar-refractivity contribution < 1.29 is 4.42 Å². The minimum Gasteiger partial charge on any atom is -0.460 e. The summed E-state index contributed by atoms with van der Waals surface area (Å²) in [5.74, 6) is 1.00. The minimum atomic E-state index is 0.840. The second kappa shape index (κ2) is 3.75. The third-order valence-corrected chi connectivity index (χ3v) is 2.49. The van der Waals surface area contributed by atoms with Gasteiger partial charge in [0.2, 0.25) is 0 Å². The van der Waals surface area contributed by atoms with Crippen molar-refractivity contribution in [3.05, 3.63) is 34.5 Å². The first-order valence-electron chi connectivity index (χ1n) is 4.48. The minimum absolute atomic E-state index is 0.840. The Morgan fingerprint density at radius 1 is 1.29 bits per heavy atom. The number of hydrogen-bond donors (Lipinski definition) is 0. The summed E-state index contributed by atoms with van der Waals surface area (Å²) >= 11 is 3.44. The standard InChI is InChI=1S/C11H12BrNO/c1-13(2)7-10-6-8-5-9(12)3-4-11(8)14-10/h3-6H,7H2,1-2H3. The van der Waals surface area contributed by atoms with Crippen LogP contribution >= 0.6 is 15.9 Å². The van der Waals surface area contributed by atoms with Gasteiger partial charge < -0.3 is 9.32 Å². The molecule has 0 unspecified atom stereocenters. The van der Waals surface area contributed by atoms with Crippen molar-refractivity contribution in [1.29, 1.82) is 0 Å². The van der Waals surface area contributed by atoms with Crippen LogP contribution in [0.25, 0.3) is 11.0 Å². The second-order valence-electron chi connectivity index (χ2n) is 3.63. The Balaban J connectivity index is 2.41. The average Bonchev–Trinajstić information content (AvgIpc) is 2.44. The molecular weight excluding hydrogens is 242 g/mol. The summed E-state index contributed by atoms with van der Waals surface area (Å²) in [5, 5.41) is 1.15. The molecule has 0 radical (unpaired) electrons. The van der Waals surface area contributed by atoms with Gasteiger partial charge in [0, 0.05) is 9.86 Å². The highest BCUT2D eigenvalue weighted by molar-refractivity contribution is 9.10. The fraction of sp³-hybridized carbons (Fsp3) is 0.273. The van der Waals surface area contributed by atoms with E-state index < -0.39 is 0 Å². The Bertz CT molecular complexity index is 447. The molecule has 2 nitrogen and oxygen atoms in total. The molecule has 0 aliphatic rings. The molecule has 74 valence electrons. The molecule has 0 aliphatic heterocycles. The van der Waals surface area contributed by atoms with Gasteiger partial charge in [-0.3, -0.25) is 0 Å². The van der Waals surface area contributed by atoms with E-state index in [0.29, 0.717) is 0 Å². The first-order chi connectivity index (χ1) is 6.65. The molecule has 0 saturated carbocycles. The predicted molar refractivity (Wildman–Crippen MR) is 61.3 cm³/mol. The lowest BCUT2D eigenvalue weighted by molar-refractivity contribution is 0.358. The smallest absolute Gasteiger partial charge is 0.134 e. The van der Waals surface area contributed by atoms with Gasteiger partial charge in [-0.2, -0.15) is 0 Å². The van der Waals surface area contributed by atoms with Crippen LogP contribution in [0.5, 0.6) is 0 Å². The van der Waals surface area contributed by atoms with Crippen LogP contribution in [0.15, 0.2) is 33.2 Å². The van der Waals surface area contributed by atoms with Crippen LogP contribution in [0.4, 0.5) is 0 Å². The molecule has 2 aromatic rings. The molecule has 0 saturated heterocycles. The van der Waals surface area contributed by atoms with Gasteiger partial charge in [0.15, 0.2) is 0 Å². The molecule has 0 aliphatic carbocycles. The van der Waals surface area contributed by atoms with E-state index in [2.05, 4.69) is 33.0 Å². The van der Waals surface area contributed by atoms with E-state index in [4.69, 9.17) is 4.42 Å². The molecule has 1 aromatic heterocycles. The molecule has 0 bridgehead atoms. The highest BCUT2D eigenvalue weighted by Gasteiger charge is 2.04. The highest BCUT2D eigenvalue weighted by atomic mass is 79.9. The Morgan fingerprint density at radius 3 is 2.79 bits per heavy atom. The quantitative estimate of drug-likeness (QED) is 0.817. The van der Waals surface area contributed by atoms with E-state index in [-0.39, 0.29) is 0 Å². The van der Waals surface area contributed by atoms with Gasteiger partial charge in [0.25, 0.3) is 0 Å². The van der Waals surface area contributed by atoms with Crippen LogP contribution < -0.4 is 0 Å². The second-order valence-corrected chi connectivity index (χ2v) is 4.55. The molecule has 0 spiro atoms. The van der Waals surface area contributed by atoms with E-state index in [1.54, 1.807) is 0 Å². The lowest BCUT2D eigenvalue weighted by Crippen LogP contribution is -2.09. The summed E-state index contributed by atoms with van der Waals surface area (Å²) in [6, 6.07) is 8.13. The van der Waals surface area contributed by atoms with Gasteiger partial charge >= 0.3 is 0 Å². The van der Waals surface area contributed by atoms with E-state index in [1.807, 2.05) is 26.2 Å². The molecule has 0 fully saturated rings. The van der Waals surface area contributed by atoms with Gasteiger partial charge in [-0.15, -0.1) is 0 Å². The average molecular weight is 254 g/mol. The van der Waals surface area contributed by atoms with E-state index in [1.165, 1.54) is 0 Å². The van der Waals surface area contributed by atoms with Gasteiger partial charge in [-0.05, 0) is 38.4 Å². The maximum absolute atomic E-state index is 5.67. The van der Waals surface area contributed by atoms with E-state index >= 15 is 0 Å². The monoisotopic (exact) mass is 253 g/mol. The van der Waals surface area contributed by atoms with Crippen molar-refractivity contribution >= 4 is 26.9 Å². The number of fused-ring (bicyclic) bond motifs is 1. The van der Waals surface area contributed by atoms with Gasteiger partial charge in [-0.25, -0.2) is 0 Å². The molecule has 3 heteroatoms. The van der Waals surface area contributed by atoms with Crippen molar-refractivity contribution in [2.45, 2.75) is 6.54 Å². The van der Waals surface area contributed by atoms with Crippen LogP contribution in [-0.4, -0.2) is 19.0 Å². The molecule has 1 heterocycles. The first kappa shape index (κ1) is 9.74. The van der Waals surface area contributed by atoms with Crippen molar-refractivity contribution in [3.8, 4) is 0 Å². The molecule has 0 atom stereocenters. The van der Waals surface area contributed by atoms with Gasteiger partial charge in [-0.1, -0.05) is 15.9 Å². The van der Waals surface area contributed by atoms with Gasteiger partial charge in [0.05, 0.1) is 6.54 Å². The van der Waals surface area contributed by atoms with Crippen molar-refractivity contribution in [1.82, 2.24) is 4.90 Å². The zero-order valence-corrected chi connectivity index (χ0v) is 9.84. The number of hydrogen-bond acceptors (Lipinski definition) is 2. The topological polar surface area (TPSA) is 16.4 Å². The summed E-state index contributed by atoms with van der Waals surface area (Å²) in [4.78, 5) is 2.09.